The molecule has 5 aromatic heterocycles. The van der Waals surface area contributed by atoms with Crippen molar-refractivity contribution in [1.29, 1.82) is 0 Å². The van der Waals surface area contributed by atoms with Gasteiger partial charge in [-0.1, -0.05) is 243 Å². The topological polar surface area (TPSA) is 158 Å². The van der Waals surface area contributed by atoms with Crippen LogP contribution in [0, 0.1) is 67.8 Å². The Labute approximate surface area is 861 Å². The third kappa shape index (κ3) is 30.4. The van der Waals surface area contributed by atoms with E-state index in [4.69, 9.17) is 62.3 Å². The molecule has 0 spiro atoms. The molecule has 0 aliphatic heterocycles. The Kier molecular flexibility index (Phi) is 32.3. The molecule has 5 heterocycles. The second-order valence-electron chi connectivity index (χ2n) is 31.6. The number of benzene rings is 11. The summed E-state index contributed by atoms with van der Waals surface area (Å²) in [5, 5.41) is 28.1. The standard InChI is InChI=1S/C22H16N.C19H18N.C17H14NO.C16H10F2NO.C16H11FN.C11H20O2.C5H8O2.5Ir.24H2/c1-16-15-20-9-5-6-10-21(20)23-22(16)19-13-11-18(12-14-19)17-7-3-2-4-8-17;1-19(2,3)16-10-8-15(9-11-16)18-17-7-5-4-6-14(17)12-13-20-18;1-12-3-4-13-9-10-18-17(16(13)11-12)14-5-7-15(19-2)8-6-14;17-16(18)20-13-7-5-12(6-8-13)15-14-4-2-1-3-11(14)9-10-19-15;1-11-10-13(6-7-15(11)17)16-14-5-3-2-4-12(14)8-9-18-16;1-10(2,3)8(12)7-9(13)11(4,5)6;1-4(6)3-5(2)7;;;;;;;;;;;;;;;;;;;;;;;;;;;;;/h2-13,15H,1H3;4-8,10-13H,1-3H3;3-5,7-11H,1-2H3;1-5,7-10,16H;2-5,7-10H,1H3;7,12H,1-6H3;3,6H,1-2H3;;;;;;24*1H/q5*-1;;;;;;;;;;;;;;;;;;;;;;;;;;;;;;;/i;;;;;;;;;;;;16*1+1D;8*1+1. The Balaban J connectivity index is -0.0000000791. The number of hydrogen-bond acceptors (Lipinski definition) is 11. The summed E-state index contributed by atoms with van der Waals surface area (Å²) in [4.78, 5) is 44.1. The third-order valence-corrected chi connectivity index (χ3v) is 19.0. The molecular weight excluding hydrogens is 2460 g/mol. The average Bonchev–Trinajstić information content (AvgIpc) is 0.800. The summed E-state index contributed by atoms with van der Waals surface area (Å²) in [5.41, 5.74) is 16.3. The van der Waals surface area contributed by atoms with Gasteiger partial charge in [0.25, 0.3) is 0 Å². The number of pyridine rings is 5. The van der Waals surface area contributed by atoms with Gasteiger partial charge in [0.2, 0.25) is 0 Å². The van der Waals surface area contributed by atoms with E-state index in [0.29, 0.717) is 5.56 Å². The summed E-state index contributed by atoms with van der Waals surface area (Å²) < 4.78 is 207. The first kappa shape index (κ1) is 81.6. The van der Waals surface area contributed by atoms with Crippen LogP contribution >= 0.6 is 0 Å². The monoisotopic (exact) mass is 2650 g/mol. The number of aliphatic hydroxyl groups is 2. The quantitative estimate of drug-likeness (QED) is 0.0721. The van der Waals surface area contributed by atoms with Crippen LogP contribution < -0.4 is 9.47 Å². The SMILES string of the molecule is CC(=O)C=C(C)O.CC(C)(C)C(=O)C=C(O)C(C)(C)C.CC(C)(C)c1c[c-]c(-c2nccc3ccccc23)cc1.COc1c[c-]c(-c2nccc3ccc(C)cc23)cc1.Cc1cc(-c2nccc3ccccc23)[c-]cc1F.Cc1cc2ccccc2nc1-c1[c-]cc(-c2ccccc2)cc1.FC(F)Oc1c[c-]c(-c2nccc3ccccc23)cc1.[2HH].[2HH].[2HH].[2HH].[2HH].[2HH].[2HH].[2HH].[2H][2H].[2H][2H].[2H][2H].[2H][2H].[2H][2H].[2H][2H].[2H][2H].[2H][2H].[2H][2H].[2H][2H].[2H][2H].[2H][2H].[2H][2H].[2H][2H].[2H][2H].[2H][2H].[Ir].[Ir].[Ir].[Ir].[Ir]. The van der Waals surface area contributed by atoms with Gasteiger partial charge in [0.1, 0.15) is 5.76 Å². The number of rotatable bonds is 11. The van der Waals surface area contributed by atoms with Gasteiger partial charge in [0.15, 0.2) is 11.6 Å². The van der Waals surface area contributed by atoms with Gasteiger partial charge in [-0.05, 0) is 140 Å². The van der Waals surface area contributed by atoms with Gasteiger partial charge < -0.3 is 39.6 Å². The van der Waals surface area contributed by atoms with Crippen LogP contribution in [0.3, 0.4) is 0 Å². The Morgan fingerprint density at radius 2 is 0.856 bits per heavy atom. The van der Waals surface area contributed by atoms with E-state index in [2.05, 4.69) is 205 Å². The van der Waals surface area contributed by atoms with E-state index < -0.39 is 12.0 Å². The molecule has 0 fully saturated rings. The van der Waals surface area contributed by atoms with Crippen LogP contribution in [0.5, 0.6) is 11.5 Å². The molecule has 16 aromatic rings. The predicted molar refractivity (Wildman–Crippen MR) is 534 cm³/mol. The summed E-state index contributed by atoms with van der Waals surface area (Å²) in [6, 6.07) is 101. The van der Waals surface area contributed by atoms with Crippen LogP contribution in [0.1, 0.15) is 157 Å². The van der Waals surface area contributed by atoms with Crippen molar-refractivity contribution in [2.45, 2.75) is 109 Å². The number of alkyl halides is 2. The fourth-order valence-corrected chi connectivity index (χ4v) is 12.4. The molecule has 0 amide bonds. The molecule has 125 heavy (non-hydrogen) atoms. The van der Waals surface area contributed by atoms with Gasteiger partial charge in [-0.25, -0.2) is 0 Å². The molecule has 0 atom stereocenters. The van der Waals surface area contributed by atoms with Crippen molar-refractivity contribution in [3.8, 4) is 78.9 Å². The maximum atomic E-state index is 13.3. The van der Waals surface area contributed by atoms with E-state index >= 15 is 0 Å². The molecule has 16 rings (SSSR count). The molecule has 19 heteroatoms. The third-order valence-electron chi connectivity index (χ3n) is 19.0. The van der Waals surface area contributed by atoms with Crippen LogP contribution in [-0.2, 0) is 116 Å². The summed E-state index contributed by atoms with van der Waals surface area (Å²) >= 11 is 0. The molecule has 701 valence electrons. The van der Waals surface area contributed by atoms with Crippen molar-refractivity contribution in [3.63, 3.8) is 0 Å². The number of ether oxygens (including phenoxy) is 2. The number of nitrogens with zero attached hydrogens (tertiary/aromatic N) is 5. The van der Waals surface area contributed by atoms with Gasteiger partial charge in [-0.15, -0.1) is 149 Å². The molecule has 5 radical (unpaired) electrons. The zero-order chi connectivity index (χ0) is 118. The number of hydrogen-bond donors (Lipinski definition) is 2. The number of fused-ring (bicyclic) bond motifs is 5. The molecule has 11 aromatic carbocycles. The zero-order valence-electron chi connectivity index (χ0n) is 104. The fraction of sp³-hybridized carbons (Fsp3) is 0.179. The number of allylic oxidation sites excluding steroid dienone is 4. The number of para-hydroxylation sites is 1. The minimum atomic E-state index is -2.83. The fourth-order valence-electron chi connectivity index (χ4n) is 12.4. The van der Waals surface area contributed by atoms with Crippen LogP contribution in [0.4, 0.5) is 13.2 Å². The summed E-state index contributed by atoms with van der Waals surface area (Å²) in [6.45, 7) is 23.7. The summed E-state index contributed by atoms with van der Waals surface area (Å²) in [7, 11) is 1.66. The first-order valence-electron chi connectivity index (χ1n) is 55.2. The van der Waals surface area contributed by atoms with Gasteiger partial charge in [-0.3, -0.25) is 19.0 Å². The van der Waals surface area contributed by atoms with Crippen molar-refractivity contribution >= 4 is 65.6 Å². The first-order valence-corrected chi connectivity index (χ1v) is 39.2. The Morgan fingerprint density at radius 1 is 0.424 bits per heavy atom. The second-order valence-corrected chi connectivity index (χ2v) is 31.6. The van der Waals surface area contributed by atoms with E-state index in [-0.39, 0.29) is 157 Å². The maximum absolute atomic E-state index is 13.3. The molecule has 0 aliphatic rings. The number of ketones is 2. The molecular formula is C106H145F3Ir5N5O6-5. The number of methoxy groups -OCH3 is 1. The van der Waals surface area contributed by atoms with Gasteiger partial charge in [0.05, 0.1) is 18.4 Å². The first-order chi connectivity index (χ1) is 73.3. The van der Waals surface area contributed by atoms with Crippen LogP contribution in [-0.4, -0.2) is 60.4 Å². The molecule has 0 saturated carbocycles. The Morgan fingerprint density at radius 3 is 1.28 bits per heavy atom. The van der Waals surface area contributed by atoms with E-state index in [1.165, 1.54) is 93.6 Å². The van der Waals surface area contributed by atoms with Crippen molar-refractivity contribution in [2.75, 3.05) is 7.11 Å². The number of carbonyl (C=O) groups is 2. The smallest absolute Gasteiger partial charge is 0.379 e. The van der Waals surface area contributed by atoms with Gasteiger partial charge in [0, 0.05) is 225 Å². The number of aryl methyl sites for hydroxylation is 3. The number of halogens is 3. The minimum absolute atomic E-state index is 0. The van der Waals surface area contributed by atoms with Crippen molar-refractivity contribution in [1.82, 2.24) is 24.9 Å². The molecule has 2 N–H and O–H groups in total. The molecule has 0 saturated heterocycles. The van der Waals surface area contributed by atoms with E-state index in [0.717, 1.165) is 94.5 Å². The van der Waals surface area contributed by atoms with E-state index in [9.17, 15) is 27.9 Å². The molecule has 0 unspecified atom stereocenters. The van der Waals surface area contributed by atoms with Crippen LogP contribution in [0.2, 0.25) is 0 Å². The normalized spacial score (nSPS) is 12.0. The van der Waals surface area contributed by atoms with Crippen LogP contribution in [0.15, 0.2) is 309 Å². The van der Waals surface area contributed by atoms with E-state index in [1.54, 1.807) is 38.6 Å². The van der Waals surface area contributed by atoms with Crippen molar-refractivity contribution in [2.24, 2.45) is 10.8 Å². The zero-order valence-corrected chi connectivity index (χ0v) is 83.9. The number of aromatic nitrogens is 5. The molecule has 0 bridgehead atoms. The predicted octanol–water partition coefficient (Wildman–Crippen LogP) is 33.2. The Hall–Kier alpha value is -10.5. The minimum Gasteiger partial charge on any atom is -0.540 e. The van der Waals surface area contributed by atoms with Crippen molar-refractivity contribution in [3.05, 3.63) is 368 Å². The van der Waals surface area contributed by atoms with Gasteiger partial charge in [-0.2, -0.15) is 8.78 Å². The maximum Gasteiger partial charge on any atom is 0.379 e. The van der Waals surface area contributed by atoms with Crippen molar-refractivity contribution < 1.29 is 202 Å². The van der Waals surface area contributed by atoms with Gasteiger partial charge >= 0.3 is 6.61 Å². The molecule has 11 nitrogen and oxygen atoms in total. The number of aliphatic hydroxyl groups excluding tert-OH is 2. The summed E-state index contributed by atoms with van der Waals surface area (Å²) in [6.07, 6.45) is 9.69. The number of carbonyl (C=O) groups excluding carboxylic acids is 2. The second kappa shape index (κ2) is 49.4. The van der Waals surface area contributed by atoms with E-state index in [1.807, 2.05) is 169 Å². The van der Waals surface area contributed by atoms with Crippen LogP contribution in [0.25, 0.3) is 121 Å². The largest absolute Gasteiger partial charge is 0.540 e. The molecule has 0 aliphatic carbocycles. The Bertz CT molecular complexity index is 6350. The summed E-state index contributed by atoms with van der Waals surface area (Å²) in [5.74, 6) is 0.697. The average molecular weight is 2640 g/mol.